The third-order valence-corrected chi connectivity index (χ3v) is 5.80. The van der Waals surface area contributed by atoms with Crippen molar-refractivity contribution in [1.82, 2.24) is 19.7 Å². The van der Waals surface area contributed by atoms with E-state index in [1.54, 1.807) is 17.0 Å². The molecule has 1 aliphatic heterocycles. The van der Waals surface area contributed by atoms with Crippen LogP contribution in [0.1, 0.15) is 18.1 Å². The first-order valence-corrected chi connectivity index (χ1v) is 9.83. The van der Waals surface area contributed by atoms with Gasteiger partial charge in [0.1, 0.15) is 17.6 Å². The van der Waals surface area contributed by atoms with Crippen LogP contribution in [0, 0.1) is 19.8 Å². The van der Waals surface area contributed by atoms with Crippen molar-refractivity contribution in [3.63, 3.8) is 0 Å². The van der Waals surface area contributed by atoms with Crippen molar-refractivity contribution in [3.8, 4) is 11.4 Å². The largest absolute Gasteiger partial charge is 0.506 e. The van der Waals surface area contributed by atoms with E-state index in [1.165, 1.54) is 11.3 Å². The standard InChI is InChI=1S/C19H22FN5OS/c1-4-24-8-13(14(20)9-24)7-21-19-22-18-16(27-19)10-25(23-18)17-12(3)5-11(2)6-15(17)26/h5-7,10,13-14,26H,4,8-9H2,1-3H3/b21-7+/t13?,14-/m0/s1. The van der Waals surface area contributed by atoms with Crippen LogP contribution in [-0.2, 0) is 0 Å². The van der Waals surface area contributed by atoms with Crippen molar-refractivity contribution in [2.75, 3.05) is 19.6 Å². The molecule has 1 fully saturated rings. The number of aromatic hydroxyl groups is 1. The van der Waals surface area contributed by atoms with Crippen molar-refractivity contribution in [1.29, 1.82) is 0 Å². The summed E-state index contributed by atoms with van der Waals surface area (Å²) in [5.74, 6) is 0.00450. The quantitative estimate of drug-likeness (QED) is 0.692. The fraction of sp³-hybridized carbons (Fsp3) is 0.421. The van der Waals surface area contributed by atoms with Crippen molar-refractivity contribution in [3.05, 3.63) is 29.5 Å². The predicted octanol–water partition coefficient (Wildman–Crippen LogP) is 3.80. The van der Waals surface area contributed by atoms with Gasteiger partial charge >= 0.3 is 0 Å². The molecule has 0 amide bonds. The molecular weight excluding hydrogens is 365 g/mol. The highest BCUT2D eigenvalue weighted by molar-refractivity contribution is 7.21. The van der Waals surface area contributed by atoms with Gasteiger partial charge in [-0.2, -0.15) is 4.98 Å². The molecule has 3 aromatic rings. The maximum Gasteiger partial charge on any atom is 0.211 e. The van der Waals surface area contributed by atoms with Gasteiger partial charge in [-0.1, -0.05) is 24.3 Å². The second-order valence-electron chi connectivity index (χ2n) is 7.02. The molecule has 1 N–H and O–H groups in total. The molecule has 1 unspecified atom stereocenters. The van der Waals surface area contributed by atoms with Gasteiger partial charge in [0.05, 0.1) is 10.9 Å². The first-order valence-electron chi connectivity index (χ1n) is 9.02. The summed E-state index contributed by atoms with van der Waals surface area (Å²) in [7, 11) is 0. The molecule has 4 rings (SSSR count). The summed E-state index contributed by atoms with van der Waals surface area (Å²) in [6.07, 6.45) is 2.65. The van der Waals surface area contributed by atoms with Crippen molar-refractivity contribution >= 4 is 33.0 Å². The lowest BCUT2D eigenvalue weighted by atomic mass is 10.1. The van der Waals surface area contributed by atoms with E-state index in [0.29, 0.717) is 29.6 Å². The molecule has 0 saturated carbocycles. The Morgan fingerprint density at radius 2 is 2.19 bits per heavy atom. The van der Waals surface area contributed by atoms with Crippen LogP contribution in [0.4, 0.5) is 9.52 Å². The number of fused-ring (bicyclic) bond motifs is 1. The lowest BCUT2D eigenvalue weighted by Gasteiger charge is -2.09. The molecular formula is C19H22FN5OS. The van der Waals surface area contributed by atoms with Gasteiger partial charge < -0.3 is 5.11 Å². The number of alkyl halides is 1. The normalized spacial score (nSPS) is 21.0. The molecule has 8 heteroatoms. The minimum Gasteiger partial charge on any atom is -0.506 e. The number of benzene rings is 1. The summed E-state index contributed by atoms with van der Waals surface area (Å²) < 4.78 is 16.6. The van der Waals surface area contributed by atoms with Crippen LogP contribution in [0.2, 0.25) is 0 Å². The molecule has 27 heavy (non-hydrogen) atoms. The zero-order valence-electron chi connectivity index (χ0n) is 15.6. The van der Waals surface area contributed by atoms with Crippen molar-refractivity contribution in [2.45, 2.75) is 26.9 Å². The van der Waals surface area contributed by atoms with Gasteiger partial charge in [0, 0.05) is 25.2 Å². The zero-order valence-corrected chi connectivity index (χ0v) is 16.4. The fourth-order valence-corrected chi connectivity index (χ4v) is 4.32. The highest BCUT2D eigenvalue weighted by Crippen LogP contribution is 2.32. The number of likely N-dealkylation sites (tertiary alicyclic amines) is 1. The molecule has 0 aliphatic carbocycles. The number of phenolic OH excluding ortho intramolecular Hbond substituents is 1. The Morgan fingerprint density at radius 3 is 2.85 bits per heavy atom. The number of nitrogens with zero attached hydrogens (tertiary/aromatic N) is 5. The number of aryl methyl sites for hydroxylation is 2. The molecule has 6 nitrogen and oxygen atoms in total. The van der Waals surface area contributed by atoms with E-state index in [-0.39, 0.29) is 11.7 Å². The Bertz CT molecular complexity index is 956. The summed E-state index contributed by atoms with van der Waals surface area (Å²) >= 11 is 1.41. The van der Waals surface area contributed by atoms with E-state index in [1.807, 2.05) is 33.0 Å². The second-order valence-corrected chi connectivity index (χ2v) is 8.03. The number of hydrogen-bond acceptors (Lipinski definition) is 6. The third-order valence-electron chi connectivity index (χ3n) is 4.91. The minimum absolute atomic E-state index is 0.187. The Hall–Kier alpha value is -2.32. The lowest BCUT2D eigenvalue weighted by molar-refractivity contribution is 0.292. The van der Waals surface area contributed by atoms with E-state index in [9.17, 15) is 9.50 Å². The molecule has 0 spiro atoms. The molecule has 3 heterocycles. The zero-order chi connectivity index (χ0) is 19.1. The number of phenols is 1. The van der Waals surface area contributed by atoms with Crippen LogP contribution in [0.3, 0.4) is 0 Å². The molecule has 2 atom stereocenters. The fourth-order valence-electron chi connectivity index (χ4n) is 3.54. The Kier molecular flexibility index (Phi) is 4.69. The van der Waals surface area contributed by atoms with E-state index in [2.05, 4.69) is 20.0 Å². The lowest BCUT2D eigenvalue weighted by Crippen LogP contribution is -2.20. The van der Waals surface area contributed by atoms with Gasteiger partial charge in [0.2, 0.25) is 5.13 Å². The van der Waals surface area contributed by atoms with Crippen molar-refractivity contribution in [2.24, 2.45) is 10.9 Å². The number of halogens is 1. The summed E-state index contributed by atoms with van der Waals surface area (Å²) in [6.45, 7) is 7.94. The SMILES string of the molecule is CCN1CC(/C=N/c2nc3nn(-c4c(C)cc(C)cc4O)cc3s2)[C@@H](F)C1. The third kappa shape index (κ3) is 3.46. The monoisotopic (exact) mass is 387 g/mol. The summed E-state index contributed by atoms with van der Waals surface area (Å²) in [5.41, 5.74) is 3.17. The Labute approximate surface area is 161 Å². The second kappa shape index (κ2) is 7.01. The average Bonchev–Trinajstić information content (AvgIpc) is 3.25. The summed E-state index contributed by atoms with van der Waals surface area (Å²) in [4.78, 5) is 10.9. The van der Waals surface area contributed by atoms with Gasteiger partial charge in [0.25, 0.3) is 0 Å². The van der Waals surface area contributed by atoms with Crippen LogP contribution >= 0.6 is 11.3 Å². The molecule has 0 bridgehead atoms. The van der Waals surface area contributed by atoms with Gasteiger partial charge in [-0.15, -0.1) is 5.10 Å². The van der Waals surface area contributed by atoms with E-state index < -0.39 is 6.17 Å². The molecule has 1 aliphatic rings. The van der Waals surface area contributed by atoms with Crippen LogP contribution < -0.4 is 0 Å². The van der Waals surface area contributed by atoms with Crippen LogP contribution in [-0.4, -0.2) is 56.8 Å². The van der Waals surface area contributed by atoms with Crippen LogP contribution in [0.15, 0.2) is 23.3 Å². The highest BCUT2D eigenvalue weighted by Gasteiger charge is 2.30. The van der Waals surface area contributed by atoms with E-state index >= 15 is 0 Å². The number of aliphatic imine (C=N–C) groups is 1. The average molecular weight is 387 g/mol. The molecule has 1 aromatic carbocycles. The maximum absolute atomic E-state index is 14.0. The number of thiazole rings is 1. The van der Waals surface area contributed by atoms with Gasteiger partial charge in [0.15, 0.2) is 5.65 Å². The molecule has 1 saturated heterocycles. The Balaban J connectivity index is 1.57. The van der Waals surface area contributed by atoms with Gasteiger partial charge in [-0.3, -0.25) is 4.90 Å². The maximum atomic E-state index is 14.0. The van der Waals surface area contributed by atoms with Crippen molar-refractivity contribution < 1.29 is 9.50 Å². The first-order chi connectivity index (χ1) is 12.9. The summed E-state index contributed by atoms with van der Waals surface area (Å²) in [5, 5.41) is 15.3. The van der Waals surface area contributed by atoms with Crippen LogP contribution in [0.5, 0.6) is 5.75 Å². The van der Waals surface area contributed by atoms with E-state index in [0.717, 1.165) is 22.4 Å². The predicted molar refractivity (Wildman–Crippen MR) is 107 cm³/mol. The van der Waals surface area contributed by atoms with E-state index in [4.69, 9.17) is 0 Å². The summed E-state index contributed by atoms with van der Waals surface area (Å²) in [6, 6.07) is 3.72. The van der Waals surface area contributed by atoms with Gasteiger partial charge in [-0.05, 0) is 37.6 Å². The molecule has 142 valence electrons. The smallest absolute Gasteiger partial charge is 0.211 e. The number of aromatic nitrogens is 3. The molecule has 2 aromatic heterocycles. The van der Waals surface area contributed by atoms with Crippen LogP contribution in [0.25, 0.3) is 16.0 Å². The number of hydrogen-bond donors (Lipinski definition) is 1. The minimum atomic E-state index is -0.875. The molecule has 0 radical (unpaired) electrons. The number of rotatable bonds is 4. The topological polar surface area (TPSA) is 66.5 Å². The Morgan fingerprint density at radius 1 is 1.37 bits per heavy atom. The first kappa shape index (κ1) is 18.1. The highest BCUT2D eigenvalue weighted by atomic mass is 32.1. The van der Waals surface area contributed by atoms with Gasteiger partial charge in [-0.25, -0.2) is 14.1 Å².